The van der Waals surface area contributed by atoms with E-state index in [-0.39, 0.29) is 11.8 Å². The third kappa shape index (κ3) is 3.73. The molecule has 3 heterocycles. The number of amides is 1. The molecular weight excluding hydrogens is 398 g/mol. The third-order valence-corrected chi connectivity index (χ3v) is 6.25. The first-order valence-electron chi connectivity index (χ1n) is 11.0. The van der Waals surface area contributed by atoms with Crippen LogP contribution in [0.3, 0.4) is 0 Å². The van der Waals surface area contributed by atoms with Crippen molar-refractivity contribution in [2.45, 2.75) is 13.8 Å². The van der Waals surface area contributed by atoms with Crippen LogP contribution < -0.4 is 15.5 Å². The van der Waals surface area contributed by atoms with Crippen molar-refractivity contribution in [2.75, 3.05) is 36.0 Å². The Bertz CT molecular complexity index is 1220. The topological polar surface area (TPSA) is 75.3 Å². The number of aryl methyl sites for hydroxylation is 2. The minimum atomic E-state index is -0.294. The molecule has 1 saturated heterocycles. The normalized spacial score (nSPS) is 15.3. The van der Waals surface area contributed by atoms with Gasteiger partial charge in [-0.05, 0) is 38.1 Å². The summed E-state index contributed by atoms with van der Waals surface area (Å²) in [7, 11) is 0. The Morgan fingerprint density at radius 2 is 1.25 bits per heavy atom. The number of carbonyl (C=O) groups is 1. The van der Waals surface area contributed by atoms with Crippen molar-refractivity contribution in [1.29, 1.82) is 0 Å². The maximum absolute atomic E-state index is 12.5. The zero-order valence-electron chi connectivity index (χ0n) is 18.5. The third-order valence-electron chi connectivity index (χ3n) is 6.25. The highest BCUT2D eigenvalue weighted by Gasteiger charge is 2.28. The summed E-state index contributed by atoms with van der Waals surface area (Å²) in [6.45, 7) is 6.76. The van der Waals surface area contributed by atoms with Crippen LogP contribution in [0.4, 0.5) is 11.4 Å². The number of hydrogen-bond donors (Lipinski definition) is 1. The standard InChI is InChI=1S/C26H27N5O/c1-17-13-24(20-7-3-5-9-22(20)28-17)30-11-12-31(16-19(15-30)26(27)32)25-14-18(2)29-23-10-6-4-8-21(23)25/h3-10,13-14,19H,11-12,15-16H2,1-2H3,(H2,27,32). The molecule has 0 radical (unpaired) electrons. The number of anilines is 2. The number of benzene rings is 2. The molecule has 1 fully saturated rings. The monoisotopic (exact) mass is 425 g/mol. The van der Waals surface area contributed by atoms with Gasteiger partial charge in [0, 0.05) is 59.7 Å². The van der Waals surface area contributed by atoms with Gasteiger partial charge in [-0.3, -0.25) is 14.8 Å². The van der Waals surface area contributed by atoms with E-state index in [2.05, 4.69) is 44.0 Å². The maximum Gasteiger partial charge on any atom is 0.224 e. The Kier molecular flexibility index (Phi) is 5.13. The van der Waals surface area contributed by atoms with E-state index in [0.717, 1.165) is 57.7 Å². The molecule has 4 aromatic rings. The van der Waals surface area contributed by atoms with E-state index in [1.165, 1.54) is 0 Å². The number of hydrogen-bond acceptors (Lipinski definition) is 5. The SMILES string of the molecule is Cc1cc(N2CCN(c3cc(C)nc4ccccc34)CC(C(N)=O)C2)c2ccccc2n1. The predicted octanol–water partition coefficient (Wildman–Crippen LogP) is 3.83. The van der Waals surface area contributed by atoms with Gasteiger partial charge in [0.1, 0.15) is 0 Å². The van der Waals surface area contributed by atoms with E-state index >= 15 is 0 Å². The molecule has 6 heteroatoms. The lowest BCUT2D eigenvalue weighted by Gasteiger charge is -2.26. The highest BCUT2D eigenvalue weighted by molar-refractivity contribution is 5.94. The van der Waals surface area contributed by atoms with Crippen molar-refractivity contribution in [1.82, 2.24) is 9.97 Å². The lowest BCUT2D eigenvalue weighted by atomic mass is 10.1. The first-order valence-corrected chi connectivity index (χ1v) is 11.0. The van der Waals surface area contributed by atoms with Crippen LogP contribution in [0.1, 0.15) is 11.4 Å². The molecular formula is C26H27N5O. The van der Waals surface area contributed by atoms with Crippen LogP contribution in [0, 0.1) is 19.8 Å². The molecule has 0 atom stereocenters. The number of para-hydroxylation sites is 2. The fourth-order valence-corrected chi connectivity index (χ4v) is 4.73. The quantitative estimate of drug-likeness (QED) is 0.540. The van der Waals surface area contributed by atoms with Crippen molar-refractivity contribution < 1.29 is 4.79 Å². The van der Waals surface area contributed by atoms with Gasteiger partial charge in [-0.25, -0.2) is 0 Å². The van der Waals surface area contributed by atoms with Crippen molar-refractivity contribution in [3.05, 3.63) is 72.1 Å². The van der Waals surface area contributed by atoms with Gasteiger partial charge in [-0.2, -0.15) is 0 Å². The fraction of sp³-hybridized carbons (Fsp3) is 0.269. The first-order chi connectivity index (χ1) is 15.5. The van der Waals surface area contributed by atoms with Gasteiger partial charge in [-0.15, -0.1) is 0 Å². The molecule has 0 unspecified atom stereocenters. The van der Waals surface area contributed by atoms with Crippen LogP contribution in [0.15, 0.2) is 60.7 Å². The van der Waals surface area contributed by atoms with Crippen LogP contribution >= 0.6 is 0 Å². The molecule has 32 heavy (non-hydrogen) atoms. The number of fused-ring (bicyclic) bond motifs is 2. The van der Waals surface area contributed by atoms with Crippen molar-refractivity contribution >= 4 is 39.1 Å². The van der Waals surface area contributed by atoms with Crippen LogP contribution in [0.25, 0.3) is 21.8 Å². The summed E-state index contributed by atoms with van der Waals surface area (Å²) < 4.78 is 0. The van der Waals surface area contributed by atoms with Gasteiger partial charge in [0.15, 0.2) is 0 Å². The zero-order valence-corrected chi connectivity index (χ0v) is 18.5. The van der Waals surface area contributed by atoms with Crippen LogP contribution in [-0.4, -0.2) is 42.1 Å². The molecule has 0 spiro atoms. The van der Waals surface area contributed by atoms with Gasteiger partial charge in [-0.1, -0.05) is 36.4 Å². The van der Waals surface area contributed by atoms with E-state index in [9.17, 15) is 4.79 Å². The predicted molar refractivity (Wildman–Crippen MR) is 130 cm³/mol. The molecule has 0 bridgehead atoms. The van der Waals surface area contributed by atoms with Gasteiger partial charge in [0.05, 0.1) is 17.0 Å². The van der Waals surface area contributed by atoms with E-state index in [1.807, 2.05) is 50.2 Å². The fourth-order valence-electron chi connectivity index (χ4n) is 4.73. The summed E-state index contributed by atoms with van der Waals surface area (Å²) in [5.41, 5.74) is 12.0. The maximum atomic E-state index is 12.5. The van der Waals surface area contributed by atoms with Crippen LogP contribution in [0.5, 0.6) is 0 Å². The molecule has 0 aliphatic carbocycles. The molecule has 2 N–H and O–H groups in total. The molecule has 5 rings (SSSR count). The highest BCUT2D eigenvalue weighted by atomic mass is 16.1. The van der Waals surface area contributed by atoms with E-state index in [0.29, 0.717) is 13.1 Å². The highest BCUT2D eigenvalue weighted by Crippen LogP contribution is 2.32. The molecule has 1 aliphatic heterocycles. The molecule has 2 aromatic heterocycles. The summed E-state index contributed by atoms with van der Waals surface area (Å²) in [4.78, 5) is 26.4. The lowest BCUT2D eigenvalue weighted by Crippen LogP contribution is -2.38. The second kappa shape index (κ2) is 8.11. The van der Waals surface area contributed by atoms with Gasteiger partial charge in [0.25, 0.3) is 0 Å². The molecule has 6 nitrogen and oxygen atoms in total. The summed E-state index contributed by atoms with van der Waals surface area (Å²) >= 11 is 0. The first kappa shape index (κ1) is 20.2. The molecule has 162 valence electrons. The molecule has 1 amide bonds. The van der Waals surface area contributed by atoms with E-state index in [4.69, 9.17) is 5.73 Å². The van der Waals surface area contributed by atoms with Gasteiger partial charge >= 0.3 is 0 Å². The molecule has 2 aromatic carbocycles. The average molecular weight is 426 g/mol. The number of primary amides is 1. The Morgan fingerprint density at radius 3 is 1.69 bits per heavy atom. The summed E-state index contributed by atoms with van der Waals surface area (Å²) in [5, 5.41) is 2.19. The summed E-state index contributed by atoms with van der Waals surface area (Å²) in [6, 6.07) is 20.6. The second-order valence-corrected chi connectivity index (χ2v) is 8.59. The zero-order chi connectivity index (χ0) is 22.2. The number of nitrogens with zero attached hydrogens (tertiary/aromatic N) is 4. The molecule has 1 aliphatic rings. The van der Waals surface area contributed by atoms with Crippen LogP contribution in [0.2, 0.25) is 0 Å². The number of aromatic nitrogens is 2. The van der Waals surface area contributed by atoms with E-state index in [1.54, 1.807) is 0 Å². The average Bonchev–Trinajstić information content (AvgIpc) is 3.01. The Labute approximate surface area is 187 Å². The second-order valence-electron chi connectivity index (χ2n) is 8.59. The van der Waals surface area contributed by atoms with Gasteiger partial charge in [0.2, 0.25) is 5.91 Å². The van der Waals surface area contributed by atoms with Crippen molar-refractivity contribution in [2.24, 2.45) is 11.7 Å². The van der Waals surface area contributed by atoms with Crippen molar-refractivity contribution in [3.63, 3.8) is 0 Å². The van der Waals surface area contributed by atoms with Gasteiger partial charge < -0.3 is 15.5 Å². The van der Waals surface area contributed by atoms with E-state index < -0.39 is 0 Å². The lowest BCUT2D eigenvalue weighted by molar-refractivity contribution is -0.121. The Hall–Kier alpha value is -3.67. The smallest absolute Gasteiger partial charge is 0.224 e. The Balaban J connectivity index is 1.57. The van der Waals surface area contributed by atoms with Crippen molar-refractivity contribution in [3.8, 4) is 0 Å². The minimum absolute atomic E-state index is 0.271. The summed E-state index contributed by atoms with van der Waals surface area (Å²) in [6.07, 6.45) is 0. The number of carbonyl (C=O) groups excluding carboxylic acids is 1. The largest absolute Gasteiger partial charge is 0.369 e. The Morgan fingerprint density at radius 1 is 0.812 bits per heavy atom. The number of pyridine rings is 2. The number of rotatable bonds is 3. The summed E-state index contributed by atoms with van der Waals surface area (Å²) in [5.74, 6) is -0.566. The minimum Gasteiger partial charge on any atom is -0.369 e. The number of nitrogens with two attached hydrogens (primary N) is 1. The molecule has 0 saturated carbocycles. The van der Waals surface area contributed by atoms with Crippen LogP contribution in [-0.2, 0) is 4.79 Å².